The van der Waals surface area contributed by atoms with Crippen LogP contribution in [0.1, 0.15) is 34.8 Å². The van der Waals surface area contributed by atoms with Crippen molar-refractivity contribution in [1.29, 1.82) is 0 Å². The van der Waals surface area contributed by atoms with Gasteiger partial charge in [-0.1, -0.05) is 48.5 Å². The van der Waals surface area contributed by atoms with Crippen LogP contribution in [0.2, 0.25) is 0 Å². The summed E-state index contributed by atoms with van der Waals surface area (Å²) in [5.74, 6) is 1.44. The highest BCUT2D eigenvalue weighted by Gasteiger charge is 2.49. The number of hydrogen-bond acceptors (Lipinski definition) is 6. The van der Waals surface area contributed by atoms with Crippen molar-refractivity contribution in [3.05, 3.63) is 90.0 Å². The van der Waals surface area contributed by atoms with Crippen LogP contribution in [0.3, 0.4) is 0 Å². The molecule has 3 aromatic rings. The molecule has 0 radical (unpaired) electrons. The number of para-hydroxylation sites is 1. The van der Waals surface area contributed by atoms with Gasteiger partial charge in [-0.15, -0.1) is 0 Å². The number of quaternary nitrogens is 1. The lowest BCUT2D eigenvalue weighted by Gasteiger charge is -2.51. The molecule has 3 saturated heterocycles. The van der Waals surface area contributed by atoms with Gasteiger partial charge in [0.05, 0.1) is 13.1 Å². The molecular weight excluding hydrogens is 560 g/mol. The number of halogens is 1. The first kappa shape index (κ1) is 27.2. The van der Waals surface area contributed by atoms with E-state index in [2.05, 4.69) is 5.32 Å². The number of hydrogen-bond donors (Lipinski definition) is 1. The molecule has 0 aliphatic carbocycles. The molecule has 4 heterocycles. The highest BCUT2D eigenvalue weighted by atomic mass is 79.9. The van der Waals surface area contributed by atoms with Gasteiger partial charge in [0, 0.05) is 30.0 Å². The van der Waals surface area contributed by atoms with Crippen molar-refractivity contribution in [1.82, 2.24) is 0 Å². The van der Waals surface area contributed by atoms with Gasteiger partial charge in [-0.05, 0) is 35.9 Å². The smallest absolute Gasteiger partial charge is 0.333 e. The number of nitrogens with zero attached hydrogens (tertiary/aromatic N) is 1. The summed E-state index contributed by atoms with van der Waals surface area (Å²) in [4.78, 5) is 27.0. The van der Waals surface area contributed by atoms with Gasteiger partial charge in [0.2, 0.25) is 5.78 Å². The van der Waals surface area contributed by atoms with Crippen LogP contribution in [0.15, 0.2) is 78.9 Å². The highest BCUT2D eigenvalue weighted by Crippen LogP contribution is 2.37. The van der Waals surface area contributed by atoms with Gasteiger partial charge >= 0.3 is 5.97 Å². The first-order chi connectivity index (χ1) is 18.6. The summed E-state index contributed by atoms with van der Waals surface area (Å²) in [6, 6.07) is 24.2. The van der Waals surface area contributed by atoms with E-state index in [9.17, 15) is 9.59 Å². The predicted octanol–water partition coefficient (Wildman–Crippen LogP) is 1.65. The minimum Gasteiger partial charge on any atom is -1.00 e. The van der Waals surface area contributed by atoms with Gasteiger partial charge in [0.15, 0.2) is 23.6 Å². The van der Waals surface area contributed by atoms with Crippen LogP contribution in [0.5, 0.6) is 11.5 Å². The molecule has 0 saturated carbocycles. The molecule has 2 bridgehead atoms. The van der Waals surface area contributed by atoms with Crippen molar-refractivity contribution in [2.75, 3.05) is 44.7 Å². The Balaban J connectivity index is 0.00000308. The average molecular weight is 594 g/mol. The second-order valence-electron chi connectivity index (χ2n) is 10.6. The molecule has 39 heavy (non-hydrogen) atoms. The number of ether oxygens (including phenoxy) is 3. The number of Topliss-reactive ketones (excluding diaryl/α,β-unsaturated/α-hetero) is 1. The number of piperidine rings is 3. The fraction of sp³-hybridized carbons (Fsp3) is 0.355. The first-order valence-electron chi connectivity index (χ1n) is 13.4. The normalized spacial score (nSPS) is 23.7. The van der Waals surface area contributed by atoms with E-state index in [0.29, 0.717) is 53.8 Å². The predicted molar refractivity (Wildman–Crippen MR) is 143 cm³/mol. The van der Waals surface area contributed by atoms with Crippen molar-refractivity contribution in [2.24, 2.45) is 5.92 Å². The molecule has 0 spiro atoms. The van der Waals surface area contributed by atoms with E-state index in [4.69, 9.17) is 14.2 Å². The Bertz CT molecular complexity index is 1290. The summed E-state index contributed by atoms with van der Waals surface area (Å²) in [5, 5.41) is 3.36. The van der Waals surface area contributed by atoms with Gasteiger partial charge in [-0.3, -0.25) is 4.79 Å². The van der Waals surface area contributed by atoms with Crippen molar-refractivity contribution in [2.45, 2.75) is 25.0 Å². The zero-order valence-corrected chi connectivity index (χ0v) is 23.3. The minimum absolute atomic E-state index is 0. The zero-order valence-electron chi connectivity index (χ0n) is 21.8. The van der Waals surface area contributed by atoms with Gasteiger partial charge in [0.25, 0.3) is 0 Å². The van der Waals surface area contributed by atoms with E-state index in [1.165, 1.54) is 0 Å². The first-order valence-corrected chi connectivity index (χ1v) is 13.4. The molecule has 1 N–H and O–H groups in total. The number of carbonyl (C=O) groups excluding carboxylic acids is 2. The fourth-order valence-corrected chi connectivity index (χ4v) is 6.03. The third-order valence-corrected chi connectivity index (χ3v) is 8.11. The maximum Gasteiger partial charge on any atom is 0.333 e. The van der Waals surface area contributed by atoms with Crippen molar-refractivity contribution < 1.29 is 45.3 Å². The number of nitrogens with one attached hydrogen (secondary N) is 1. The standard InChI is InChI=1S/C31H33N2O5.BrH/c34-26(24-11-12-27-28(19-24)37-18-17-36-27)20-33-15-13-22(14-16-33)29(21-33)38-31(35)30(23-7-3-1-4-8-23)32-25-9-5-2-6-10-25;/h1-12,19,22,29-30,32H,13-18,20-21H2;1H/q+1;/p-1/t22?,29-,30+,33?;/m0./s1. The Morgan fingerprint density at radius 3 is 2.28 bits per heavy atom. The number of rotatable bonds is 8. The van der Waals surface area contributed by atoms with E-state index in [0.717, 1.165) is 37.2 Å². The van der Waals surface area contributed by atoms with Gasteiger partial charge < -0.3 is 41.0 Å². The Morgan fingerprint density at radius 1 is 0.897 bits per heavy atom. The molecule has 3 aromatic carbocycles. The molecule has 0 unspecified atom stereocenters. The van der Waals surface area contributed by atoms with Crippen LogP contribution in [-0.4, -0.2) is 61.7 Å². The van der Waals surface area contributed by atoms with Crippen LogP contribution in [0.4, 0.5) is 5.69 Å². The second-order valence-corrected chi connectivity index (χ2v) is 10.6. The summed E-state index contributed by atoms with van der Waals surface area (Å²) in [6.07, 6.45) is 1.70. The molecule has 0 amide bonds. The topological polar surface area (TPSA) is 73.9 Å². The Kier molecular flexibility index (Phi) is 8.23. The van der Waals surface area contributed by atoms with Crippen LogP contribution >= 0.6 is 0 Å². The highest BCUT2D eigenvalue weighted by molar-refractivity contribution is 5.97. The summed E-state index contributed by atoms with van der Waals surface area (Å²) >= 11 is 0. The number of ketones is 1. The Hall–Kier alpha value is -3.36. The minimum atomic E-state index is -0.609. The van der Waals surface area contributed by atoms with E-state index < -0.39 is 6.04 Å². The molecule has 204 valence electrons. The van der Waals surface area contributed by atoms with Crippen molar-refractivity contribution in [3.8, 4) is 11.5 Å². The van der Waals surface area contributed by atoms with E-state index in [-0.39, 0.29) is 34.8 Å². The average Bonchev–Trinajstić information content (AvgIpc) is 2.97. The number of anilines is 1. The van der Waals surface area contributed by atoms with Crippen LogP contribution < -0.4 is 31.8 Å². The zero-order chi connectivity index (χ0) is 26.0. The monoisotopic (exact) mass is 592 g/mol. The van der Waals surface area contributed by atoms with E-state index >= 15 is 0 Å². The Labute approximate surface area is 239 Å². The number of fused-ring (bicyclic) bond motifs is 4. The molecule has 0 aromatic heterocycles. The quantitative estimate of drug-likeness (QED) is 0.244. The maximum atomic E-state index is 13.6. The number of esters is 1. The Morgan fingerprint density at radius 2 is 1.56 bits per heavy atom. The molecular formula is C31H33BrN2O5. The van der Waals surface area contributed by atoms with Crippen LogP contribution in [0, 0.1) is 5.92 Å². The molecule has 2 atom stereocenters. The molecule has 4 aliphatic rings. The van der Waals surface area contributed by atoms with Gasteiger partial charge in [-0.25, -0.2) is 4.79 Å². The molecule has 4 aliphatic heterocycles. The lowest BCUT2D eigenvalue weighted by atomic mass is 9.82. The molecule has 8 heteroatoms. The summed E-state index contributed by atoms with van der Waals surface area (Å²) in [6.45, 7) is 3.93. The number of benzene rings is 3. The van der Waals surface area contributed by atoms with Crippen molar-refractivity contribution in [3.63, 3.8) is 0 Å². The van der Waals surface area contributed by atoms with Gasteiger partial charge in [-0.2, -0.15) is 0 Å². The molecule has 3 fully saturated rings. The summed E-state index contributed by atoms with van der Waals surface area (Å²) in [5.41, 5.74) is 2.36. The van der Waals surface area contributed by atoms with E-state index in [1.54, 1.807) is 6.07 Å². The SMILES string of the molecule is O=C(C[N+]12CCC(CC1)[C@@H](OC(=O)[C@H](Nc1ccccc1)c1ccccc1)C2)c1ccc2c(c1)OCCO2.[Br-]. The third-order valence-electron chi connectivity index (χ3n) is 8.11. The van der Waals surface area contributed by atoms with E-state index in [1.807, 2.05) is 72.8 Å². The van der Waals surface area contributed by atoms with Crippen molar-refractivity contribution >= 4 is 17.4 Å². The molecule has 7 rings (SSSR count). The summed E-state index contributed by atoms with van der Waals surface area (Å²) < 4.78 is 18.2. The van der Waals surface area contributed by atoms with Gasteiger partial charge in [0.1, 0.15) is 26.3 Å². The van der Waals surface area contributed by atoms with Crippen LogP contribution in [0.25, 0.3) is 0 Å². The van der Waals surface area contributed by atoms with Crippen LogP contribution in [-0.2, 0) is 9.53 Å². The largest absolute Gasteiger partial charge is 1.00 e. The summed E-state index contributed by atoms with van der Waals surface area (Å²) in [7, 11) is 0. The number of carbonyl (C=O) groups is 2. The maximum absolute atomic E-state index is 13.6. The third kappa shape index (κ3) is 5.97. The fourth-order valence-electron chi connectivity index (χ4n) is 6.03. The second kappa shape index (κ2) is 11.8. The lowest BCUT2D eigenvalue weighted by Crippen LogP contribution is -3.00. The lowest BCUT2D eigenvalue weighted by molar-refractivity contribution is -0.938. The molecule has 7 nitrogen and oxygen atoms in total.